The van der Waals surface area contributed by atoms with Crippen LogP contribution in [0.3, 0.4) is 0 Å². The Hall–Kier alpha value is -6.94. The van der Waals surface area contributed by atoms with Crippen LogP contribution in [0.25, 0.3) is 12.2 Å². The summed E-state index contributed by atoms with van der Waals surface area (Å²) in [7, 11) is 0. The molecule has 0 saturated carbocycles. The van der Waals surface area contributed by atoms with Crippen molar-refractivity contribution in [3.63, 3.8) is 0 Å². The van der Waals surface area contributed by atoms with Crippen molar-refractivity contribution < 1.29 is 70.0 Å². The minimum absolute atomic E-state index is 0.0132. The summed E-state index contributed by atoms with van der Waals surface area (Å²) >= 11 is 0. The van der Waals surface area contributed by atoms with E-state index >= 15 is 0 Å². The predicted molar refractivity (Wildman–Crippen MR) is 222 cm³/mol. The van der Waals surface area contributed by atoms with Crippen molar-refractivity contribution in [1.29, 1.82) is 0 Å². The average molecular weight is 843 g/mol. The first kappa shape index (κ1) is 40.5. The van der Waals surface area contributed by atoms with Crippen molar-refractivity contribution in [2.24, 2.45) is 0 Å². The van der Waals surface area contributed by atoms with Crippen molar-refractivity contribution in [3.05, 3.63) is 160 Å². The van der Waals surface area contributed by atoms with Gasteiger partial charge in [-0.3, -0.25) is 0 Å². The van der Waals surface area contributed by atoms with E-state index in [2.05, 4.69) is 0 Å². The van der Waals surface area contributed by atoms with Crippen LogP contribution >= 0.6 is 0 Å². The fourth-order valence-corrected chi connectivity index (χ4v) is 8.67. The minimum Gasteiger partial charge on any atom is -0.508 e. The topological polar surface area (TPSA) is 239 Å². The Bertz CT molecular complexity index is 2610. The van der Waals surface area contributed by atoms with Crippen LogP contribution in [0.15, 0.2) is 115 Å². The van der Waals surface area contributed by atoms with Gasteiger partial charge < -0.3 is 70.0 Å². The lowest BCUT2D eigenvalue weighted by Gasteiger charge is -2.39. The van der Waals surface area contributed by atoms with E-state index in [1.54, 1.807) is 72.8 Å². The monoisotopic (exact) mass is 842 g/mol. The molecular formula is C48H42O14. The molecule has 14 heteroatoms. The first-order valence-corrected chi connectivity index (χ1v) is 19.8. The van der Waals surface area contributed by atoms with Crippen LogP contribution < -0.4 is 14.2 Å². The molecule has 6 aromatic carbocycles. The molecule has 3 aliphatic rings. The second-order valence-corrected chi connectivity index (χ2v) is 15.6. The highest BCUT2D eigenvalue weighted by Gasteiger charge is 2.48. The van der Waals surface area contributed by atoms with E-state index in [9.17, 15) is 51.1 Å². The number of fused-ring (bicyclic) bond motifs is 2. The Balaban J connectivity index is 1.30. The highest BCUT2D eigenvalue weighted by Crippen LogP contribution is 2.60. The fourth-order valence-electron chi connectivity index (χ4n) is 8.67. The molecule has 0 aromatic heterocycles. The second-order valence-electron chi connectivity index (χ2n) is 15.6. The summed E-state index contributed by atoms with van der Waals surface area (Å²) in [6.07, 6.45) is -6.04. The van der Waals surface area contributed by atoms with Crippen LogP contribution in [0.2, 0.25) is 0 Å². The number of aromatic hydroxyl groups is 6. The Morgan fingerprint density at radius 3 is 1.65 bits per heavy atom. The standard InChI is InChI=1S/C48H42O14/c49-22-38-43(56)44(57)45(58)48(62-38)59-34-20-35(41-37(21-34)61-46(24-5-11-29(51)12-6-24)40(41)27-16-31(53)18-32(54)17-27)42-39-26(4-1-23-2-9-28(50)10-3-23)15-33(55)19-36(39)60-47(42)25-7-13-30(52)14-8-25/h1-21,38,40,42-58H,22H2/b4-1+. The number of rotatable bonds is 9. The minimum atomic E-state index is -1.75. The zero-order chi connectivity index (χ0) is 43.4. The van der Waals surface area contributed by atoms with Crippen LogP contribution in [0.4, 0.5) is 0 Å². The summed E-state index contributed by atoms with van der Waals surface area (Å²) in [6, 6.07) is 30.0. The van der Waals surface area contributed by atoms with E-state index in [1.165, 1.54) is 48.5 Å². The van der Waals surface area contributed by atoms with E-state index < -0.39 is 61.4 Å². The predicted octanol–water partition coefficient (Wildman–Crippen LogP) is 5.80. The van der Waals surface area contributed by atoms with E-state index in [4.69, 9.17) is 18.9 Å². The van der Waals surface area contributed by atoms with Gasteiger partial charge in [-0.05, 0) is 94.0 Å². The SMILES string of the molecule is OCC1OC(Oc2cc3c(c(C4c5c(/C=C/c6ccc(O)cc6)cc(O)cc5OC4c4ccc(O)cc4)c2)C(c2cc(O)cc(O)c2)C(c2ccc(O)cc2)O3)C(O)C(O)C1O. The summed E-state index contributed by atoms with van der Waals surface area (Å²) in [5.41, 5.74) is 4.72. The molecule has 9 rings (SSSR count). The van der Waals surface area contributed by atoms with Gasteiger partial charge in [-0.25, -0.2) is 0 Å². The number of phenolic OH excluding ortho intramolecular Hbond substituents is 6. The molecule has 9 atom stereocenters. The molecule has 9 unspecified atom stereocenters. The van der Waals surface area contributed by atoms with Crippen LogP contribution in [0, 0.1) is 0 Å². The number of ether oxygens (including phenoxy) is 4. The van der Waals surface area contributed by atoms with Gasteiger partial charge in [0.25, 0.3) is 0 Å². The number of hydrogen-bond acceptors (Lipinski definition) is 14. The third-order valence-corrected chi connectivity index (χ3v) is 11.6. The van der Waals surface area contributed by atoms with Crippen LogP contribution in [-0.2, 0) is 4.74 Å². The molecule has 0 aliphatic carbocycles. The van der Waals surface area contributed by atoms with E-state index in [-0.39, 0.29) is 46.0 Å². The number of phenols is 6. The lowest BCUT2D eigenvalue weighted by Crippen LogP contribution is -2.60. The Labute approximate surface area is 354 Å². The van der Waals surface area contributed by atoms with Crippen LogP contribution in [-0.4, -0.2) is 88.4 Å². The largest absolute Gasteiger partial charge is 0.508 e. The number of benzene rings is 6. The molecule has 0 spiro atoms. The quantitative estimate of drug-likeness (QED) is 0.0775. The zero-order valence-electron chi connectivity index (χ0n) is 32.6. The summed E-state index contributed by atoms with van der Waals surface area (Å²) in [5.74, 6) is -1.27. The molecule has 0 amide bonds. The van der Waals surface area contributed by atoms with Crippen molar-refractivity contribution in [3.8, 4) is 51.7 Å². The molecule has 14 nitrogen and oxygen atoms in total. The highest BCUT2D eigenvalue weighted by atomic mass is 16.7. The Morgan fingerprint density at radius 1 is 0.500 bits per heavy atom. The van der Waals surface area contributed by atoms with Gasteiger partial charge in [0, 0.05) is 29.3 Å². The van der Waals surface area contributed by atoms with Gasteiger partial charge in [-0.2, -0.15) is 0 Å². The molecule has 318 valence electrons. The Morgan fingerprint density at radius 2 is 1.05 bits per heavy atom. The lowest BCUT2D eigenvalue weighted by molar-refractivity contribution is -0.277. The average Bonchev–Trinajstić information content (AvgIpc) is 3.83. The molecular weight excluding hydrogens is 801 g/mol. The summed E-state index contributed by atoms with van der Waals surface area (Å²) in [5, 5.41) is 106. The number of aliphatic hydroxyl groups excluding tert-OH is 4. The molecule has 0 bridgehead atoms. The van der Waals surface area contributed by atoms with E-state index in [0.29, 0.717) is 44.7 Å². The number of hydrogen-bond donors (Lipinski definition) is 10. The van der Waals surface area contributed by atoms with Gasteiger partial charge in [0.2, 0.25) is 6.29 Å². The highest BCUT2D eigenvalue weighted by molar-refractivity contribution is 5.76. The van der Waals surface area contributed by atoms with Gasteiger partial charge in [0.15, 0.2) is 0 Å². The zero-order valence-corrected chi connectivity index (χ0v) is 32.6. The van der Waals surface area contributed by atoms with Crippen molar-refractivity contribution in [2.75, 3.05) is 6.61 Å². The summed E-state index contributed by atoms with van der Waals surface area (Å²) in [6.45, 7) is -0.687. The van der Waals surface area contributed by atoms with E-state index in [0.717, 1.165) is 5.56 Å². The van der Waals surface area contributed by atoms with Gasteiger partial charge in [0.1, 0.15) is 88.4 Å². The van der Waals surface area contributed by atoms with Crippen molar-refractivity contribution in [2.45, 2.75) is 54.7 Å². The number of aliphatic hydroxyl groups is 4. The first-order chi connectivity index (χ1) is 29.8. The van der Waals surface area contributed by atoms with Gasteiger partial charge in [-0.15, -0.1) is 0 Å². The third kappa shape index (κ3) is 7.54. The van der Waals surface area contributed by atoms with Gasteiger partial charge in [-0.1, -0.05) is 48.6 Å². The van der Waals surface area contributed by atoms with Crippen molar-refractivity contribution >= 4 is 12.2 Å². The molecule has 1 saturated heterocycles. The molecule has 3 aliphatic heterocycles. The molecule has 3 heterocycles. The molecule has 1 fully saturated rings. The maximum atomic E-state index is 11.1. The fraction of sp³-hybridized carbons (Fsp3) is 0.208. The molecule has 62 heavy (non-hydrogen) atoms. The first-order valence-electron chi connectivity index (χ1n) is 19.8. The third-order valence-electron chi connectivity index (χ3n) is 11.6. The molecule has 10 N–H and O–H groups in total. The molecule has 6 aromatic rings. The Kier molecular flexibility index (Phi) is 10.5. The van der Waals surface area contributed by atoms with Crippen molar-refractivity contribution in [1.82, 2.24) is 0 Å². The van der Waals surface area contributed by atoms with Crippen LogP contribution in [0.5, 0.6) is 51.7 Å². The maximum absolute atomic E-state index is 11.1. The summed E-state index contributed by atoms with van der Waals surface area (Å²) in [4.78, 5) is 0. The van der Waals surface area contributed by atoms with Crippen LogP contribution in [0.1, 0.15) is 68.6 Å². The maximum Gasteiger partial charge on any atom is 0.229 e. The second kappa shape index (κ2) is 16.2. The van der Waals surface area contributed by atoms with Gasteiger partial charge >= 0.3 is 0 Å². The lowest BCUT2D eigenvalue weighted by atomic mass is 9.75. The van der Waals surface area contributed by atoms with Gasteiger partial charge in [0.05, 0.1) is 18.4 Å². The summed E-state index contributed by atoms with van der Waals surface area (Å²) < 4.78 is 25.6. The normalized spacial score (nSPS) is 25.2. The smallest absolute Gasteiger partial charge is 0.229 e. The molecule has 0 radical (unpaired) electrons. The van der Waals surface area contributed by atoms with E-state index in [1.807, 2.05) is 6.08 Å².